The zero-order chi connectivity index (χ0) is 8.27. The molecular weight excluding hydrogens is 148 g/mol. The van der Waals surface area contributed by atoms with Crippen molar-refractivity contribution < 1.29 is 9.90 Å². The van der Waals surface area contributed by atoms with Gasteiger partial charge in [0.15, 0.2) is 0 Å². The molecular formula is C6H8N2O3. The molecule has 1 aromatic heterocycles. The molecule has 0 bridgehead atoms. The van der Waals surface area contributed by atoms with E-state index in [2.05, 4.69) is 10.2 Å². The summed E-state index contributed by atoms with van der Waals surface area (Å²) in [7, 11) is 0. The highest BCUT2D eigenvalue weighted by Crippen LogP contribution is 1.93. The van der Waals surface area contributed by atoms with Crippen molar-refractivity contribution in [3.8, 4) is 0 Å². The molecule has 1 aromatic rings. The fourth-order valence-electron chi connectivity index (χ4n) is 0.749. The highest BCUT2D eigenvalue weighted by atomic mass is 16.4. The predicted octanol–water partition coefficient (Wildman–Crippen LogP) is -0.280. The third-order valence-corrected chi connectivity index (χ3v) is 1.26. The van der Waals surface area contributed by atoms with E-state index in [1.165, 1.54) is 6.07 Å². The number of aromatic nitrogens is 2. The molecule has 11 heavy (non-hydrogen) atoms. The van der Waals surface area contributed by atoms with Gasteiger partial charge in [-0.3, -0.25) is 14.7 Å². The summed E-state index contributed by atoms with van der Waals surface area (Å²) in [6.07, 6.45) is 0.391. The average molecular weight is 156 g/mol. The molecule has 5 heteroatoms. The molecule has 60 valence electrons. The molecule has 0 aromatic carbocycles. The van der Waals surface area contributed by atoms with Crippen LogP contribution in [0.4, 0.5) is 0 Å². The van der Waals surface area contributed by atoms with E-state index in [4.69, 9.17) is 5.11 Å². The summed E-state index contributed by atoms with van der Waals surface area (Å²) < 4.78 is 0. The lowest BCUT2D eigenvalue weighted by Crippen LogP contribution is -1.97. The minimum atomic E-state index is -0.868. The number of rotatable bonds is 3. The monoisotopic (exact) mass is 156 g/mol. The molecule has 0 aliphatic heterocycles. The van der Waals surface area contributed by atoms with Crippen LogP contribution < -0.4 is 5.56 Å². The van der Waals surface area contributed by atoms with Crippen LogP contribution in [-0.4, -0.2) is 21.3 Å². The van der Waals surface area contributed by atoms with Gasteiger partial charge in [-0.2, -0.15) is 0 Å². The lowest BCUT2D eigenvalue weighted by molar-refractivity contribution is -0.136. The molecule has 3 N–H and O–H groups in total. The van der Waals surface area contributed by atoms with Gasteiger partial charge in [0.25, 0.3) is 5.56 Å². The number of aliphatic carboxylic acids is 1. The van der Waals surface area contributed by atoms with Crippen molar-refractivity contribution in [3.05, 3.63) is 22.1 Å². The van der Waals surface area contributed by atoms with Gasteiger partial charge in [0.2, 0.25) is 0 Å². The van der Waals surface area contributed by atoms with E-state index in [-0.39, 0.29) is 12.0 Å². The van der Waals surface area contributed by atoms with Crippen molar-refractivity contribution in [1.82, 2.24) is 10.2 Å². The van der Waals surface area contributed by atoms with Crippen LogP contribution in [0.2, 0.25) is 0 Å². The van der Waals surface area contributed by atoms with Crippen molar-refractivity contribution in [2.75, 3.05) is 0 Å². The molecule has 0 saturated carbocycles. The number of carboxylic acid groups (broad SMARTS) is 1. The molecule has 0 fully saturated rings. The van der Waals surface area contributed by atoms with Crippen LogP contribution >= 0.6 is 0 Å². The largest absolute Gasteiger partial charge is 0.481 e. The second-order valence-electron chi connectivity index (χ2n) is 2.18. The van der Waals surface area contributed by atoms with E-state index >= 15 is 0 Å². The summed E-state index contributed by atoms with van der Waals surface area (Å²) in [4.78, 5) is 20.6. The van der Waals surface area contributed by atoms with Crippen LogP contribution in [0, 0.1) is 0 Å². The molecule has 1 heterocycles. The van der Waals surface area contributed by atoms with Crippen molar-refractivity contribution >= 4 is 5.97 Å². The van der Waals surface area contributed by atoms with Gasteiger partial charge in [0, 0.05) is 11.8 Å². The normalized spacial score (nSPS) is 9.82. The minimum absolute atomic E-state index is 0.0355. The number of aromatic amines is 2. The molecule has 5 nitrogen and oxygen atoms in total. The second kappa shape index (κ2) is 3.05. The van der Waals surface area contributed by atoms with Crippen molar-refractivity contribution in [1.29, 1.82) is 0 Å². The van der Waals surface area contributed by atoms with Gasteiger partial charge < -0.3 is 10.2 Å². The summed E-state index contributed by atoms with van der Waals surface area (Å²) >= 11 is 0. The van der Waals surface area contributed by atoms with E-state index in [0.717, 1.165) is 0 Å². The first kappa shape index (κ1) is 7.59. The molecule has 0 amide bonds. The molecule has 0 spiro atoms. The number of nitrogens with one attached hydrogen (secondary N) is 2. The summed E-state index contributed by atoms with van der Waals surface area (Å²) in [5, 5.41) is 13.2. The number of H-pyrrole nitrogens is 2. The predicted molar refractivity (Wildman–Crippen MR) is 37.4 cm³/mol. The summed E-state index contributed by atoms with van der Waals surface area (Å²) in [6, 6.07) is 1.35. The molecule has 0 saturated heterocycles. The van der Waals surface area contributed by atoms with Gasteiger partial charge in [0.05, 0.1) is 6.42 Å². The Kier molecular flexibility index (Phi) is 2.10. The van der Waals surface area contributed by atoms with E-state index < -0.39 is 5.97 Å². The standard InChI is InChI=1S/C6H8N2O3/c9-5-3-4(7-8-5)1-2-6(10)11/h3H,1-2H2,(H,10,11)(H2,7,8,9). The van der Waals surface area contributed by atoms with Gasteiger partial charge >= 0.3 is 5.97 Å². The molecule has 0 unspecified atom stereocenters. The van der Waals surface area contributed by atoms with Crippen LogP contribution in [0.3, 0.4) is 0 Å². The van der Waals surface area contributed by atoms with E-state index in [1.54, 1.807) is 0 Å². The van der Waals surface area contributed by atoms with Crippen LogP contribution in [0.5, 0.6) is 0 Å². The van der Waals surface area contributed by atoms with Crippen molar-refractivity contribution in [3.63, 3.8) is 0 Å². The van der Waals surface area contributed by atoms with Gasteiger partial charge in [-0.05, 0) is 6.42 Å². The molecule has 1 rings (SSSR count). The zero-order valence-electron chi connectivity index (χ0n) is 5.76. The minimum Gasteiger partial charge on any atom is -0.481 e. The average Bonchev–Trinajstić information content (AvgIpc) is 2.31. The van der Waals surface area contributed by atoms with Gasteiger partial charge in [-0.1, -0.05) is 0 Å². The number of carbonyl (C=O) groups is 1. The van der Waals surface area contributed by atoms with Crippen molar-refractivity contribution in [2.24, 2.45) is 0 Å². The fourth-order valence-corrected chi connectivity index (χ4v) is 0.749. The Morgan fingerprint density at radius 1 is 1.55 bits per heavy atom. The first-order valence-electron chi connectivity index (χ1n) is 3.17. The van der Waals surface area contributed by atoms with E-state index in [0.29, 0.717) is 12.1 Å². The van der Waals surface area contributed by atoms with Gasteiger partial charge in [-0.15, -0.1) is 0 Å². The lowest BCUT2D eigenvalue weighted by Gasteiger charge is -1.89. The number of hydrogen-bond acceptors (Lipinski definition) is 2. The lowest BCUT2D eigenvalue weighted by atomic mass is 10.2. The topological polar surface area (TPSA) is 85.9 Å². The Bertz CT molecular complexity index is 299. The number of aryl methyl sites for hydroxylation is 1. The Morgan fingerprint density at radius 3 is 2.73 bits per heavy atom. The second-order valence-corrected chi connectivity index (χ2v) is 2.18. The third-order valence-electron chi connectivity index (χ3n) is 1.26. The van der Waals surface area contributed by atoms with E-state index in [9.17, 15) is 9.59 Å². The Morgan fingerprint density at radius 2 is 2.27 bits per heavy atom. The van der Waals surface area contributed by atoms with Gasteiger partial charge in [-0.25, -0.2) is 0 Å². The zero-order valence-corrected chi connectivity index (χ0v) is 5.76. The maximum absolute atomic E-state index is 10.5. The van der Waals surface area contributed by atoms with Crippen LogP contribution in [0.25, 0.3) is 0 Å². The SMILES string of the molecule is O=C(O)CCc1cc(=O)[nH][nH]1. The van der Waals surface area contributed by atoms with Crippen LogP contribution in [-0.2, 0) is 11.2 Å². The summed E-state index contributed by atoms with van der Waals surface area (Å²) in [6.45, 7) is 0. The maximum Gasteiger partial charge on any atom is 0.303 e. The van der Waals surface area contributed by atoms with Crippen LogP contribution in [0.15, 0.2) is 10.9 Å². The molecule has 0 radical (unpaired) electrons. The van der Waals surface area contributed by atoms with Gasteiger partial charge in [0.1, 0.15) is 0 Å². The number of hydrogen-bond donors (Lipinski definition) is 3. The van der Waals surface area contributed by atoms with Crippen LogP contribution in [0.1, 0.15) is 12.1 Å². The first-order valence-corrected chi connectivity index (χ1v) is 3.17. The Balaban J connectivity index is 2.51. The molecule has 0 atom stereocenters. The Labute approximate surface area is 62.0 Å². The van der Waals surface area contributed by atoms with Crippen molar-refractivity contribution in [2.45, 2.75) is 12.8 Å². The summed E-state index contributed by atoms with van der Waals surface area (Å²) in [5.74, 6) is -0.868. The molecule has 0 aliphatic rings. The smallest absolute Gasteiger partial charge is 0.303 e. The maximum atomic E-state index is 10.5. The third kappa shape index (κ3) is 2.29. The summed E-state index contributed by atoms with van der Waals surface area (Å²) in [5.41, 5.74) is 0.391. The highest BCUT2D eigenvalue weighted by Gasteiger charge is 1.99. The Hall–Kier alpha value is -1.52. The quantitative estimate of drug-likeness (QED) is 0.562. The molecule has 0 aliphatic carbocycles. The highest BCUT2D eigenvalue weighted by molar-refractivity contribution is 5.66. The first-order chi connectivity index (χ1) is 5.18. The number of carboxylic acids is 1. The van der Waals surface area contributed by atoms with E-state index in [1.807, 2.05) is 0 Å². The fraction of sp³-hybridized carbons (Fsp3) is 0.333.